The first-order valence-electron chi connectivity index (χ1n) is 9.99. The molecule has 1 fully saturated rings. The zero-order valence-corrected chi connectivity index (χ0v) is 18.5. The number of carbonyl (C=O) groups is 1. The van der Waals surface area contributed by atoms with Crippen molar-refractivity contribution in [3.8, 4) is 17.2 Å². The van der Waals surface area contributed by atoms with Crippen molar-refractivity contribution in [2.45, 2.75) is 12.3 Å². The molecule has 0 radical (unpaired) electrons. The first-order valence-corrected chi connectivity index (χ1v) is 10.4. The van der Waals surface area contributed by atoms with Crippen molar-refractivity contribution in [3.63, 3.8) is 0 Å². The number of methoxy groups -OCH3 is 1. The summed E-state index contributed by atoms with van der Waals surface area (Å²) < 4.78 is 38.1. The highest BCUT2D eigenvalue weighted by molar-refractivity contribution is 6.33. The zero-order chi connectivity index (χ0) is 23.8. The minimum Gasteiger partial charge on any atom is -0.496 e. The summed E-state index contributed by atoms with van der Waals surface area (Å²) in [7, 11) is 1.44. The molecule has 1 saturated heterocycles. The van der Waals surface area contributed by atoms with Gasteiger partial charge in [0.15, 0.2) is 0 Å². The van der Waals surface area contributed by atoms with Crippen LogP contribution in [0.5, 0.6) is 17.2 Å². The number of aromatic nitrogens is 1. The van der Waals surface area contributed by atoms with E-state index >= 15 is 0 Å². The summed E-state index contributed by atoms with van der Waals surface area (Å²) in [6.45, 7) is 3.67. The topological polar surface area (TPSA) is 89.7 Å². The van der Waals surface area contributed by atoms with E-state index in [1.807, 2.05) is 0 Å². The van der Waals surface area contributed by atoms with Crippen molar-refractivity contribution in [1.82, 2.24) is 9.88 Å². The zero-order valence-electron chi connectivity index (χ0n) is 17.7. The maximum absolute atomic E-state index is 13.5. The SMILES string of the molecule is C=C(Nc1ccc(Oc2ccnc3cc(OC)c(C(N)=O)cc23)cc1Cl)N1CCC(F)(F)C1. The monoisotopic (exact) mass is 474 g/mol. The van der Waals surface area contributed by atoms with E-state index in [0.29, 0.717) is 44.7 Å². The quantitative estimate of drug-likeness (QED) is 0.500. The molecule has 0 aliphatic carbocycles. The van der Waals surface area contributed by atoms with Crippen LogP contribution in [0.4, 0.5) is 14.5 Å². The third-order valence-corrected chi connectivity index (χ3v) is 5.60. The van der Waals surface area contributed by atoms with Crippen LogP contribution in [0.1, 0.15) is 16.8 Å². The van der Waals surface area contributed by atoms with E-state index in [-0.39, 0.29) is 25.1 Å². The van der Waals surface area contributed by atoms with Crippen LogP contribution in [0.25, 0.3) is 10.9 Å². The van der Waals surface area contributed by atoms with Crippen LogP contribution in [0.3, 0.4) is 0 Å². The lowest BCUT2D eigenvalue weighted by Gasteiger charge is -2.22. The lowest BCUT2D eigenvalue weighted by atomic mass is 10.1. The van der Waals surface area contributed by atoms with Crippen LogP contribution in [0.15, 0.2) is 55.0 Å². The number of nitrogens with zero attached hydrogens (tertiary/aromatic N) is 2. The van der Waals surface area contributed by atoms with Gasteiger partial charge >= 0.3 is 0 Å². The molecule has 1 amide bonds. The number of pyridine rings is 1. The second kappa shape index (κ2) is 8.74. The minimum atomic E-state index is -2.72. The van der Waals surface area contributed by atoms with E-state index in [9.17, 15) is 13.6 Å². The number of nitrogens with two attached hydrogens (primary N) is 1. The lowest BCUT2D eigenvalue weighted by molar-refractivity contribution is 0.0153. The van der Waals surface area contributed by atoms with E-state index < -0.39 is 11.8 Å². The van der Waals surface area contributed by atoms with Gasteiger partial charge in [-0.05, 0) is 24.3 Å². The molecule has 0 spiro atoms. The van der Waals surface area contributed by atoms with E-state index in [0.717, 1.165) is 0 Å². The number of halogens is 3. The Bertz CT molecular complexity index is 1250. The molecular formula is C23H21ClF2N4O3. The van der Waals surface area contributed by atoms with Gasteiger partial charge in [-0.2, -0.15) is 0 Å². The summed E-state index contributed by atoms with van der Waals surface area (Å²) in [6, 6.07) is 9.74. The highest BCUT2D eigenvalue weighted by Crippen LogP contribution is 2.36. The maximum atomic E-state index is 13.5. The Labute approximate surface area is 193 Å². The Morgan fingerprint density at radius 1 is 1.27 bits per heavy atom. The summed E-state index contributed by atoms with van der Waals surface area (Å²) in [6.07, 6.45) is 1.35. The number of amides is 1. The van der Waals surface area contributed by atoms with Crippen molar-refractivity contribution in [2.75, 3.05) is 25.5 Å². The molecule has 0 atom stereocenters. The second-order valence-corrected chi connectivity index (χ2v) is 7.99. The number of hydrogen-bond acceptors (Lipinski definition) is 6. The molecular weight excluding hydrogens is 454 g/mol. The van der Waals surface area contributed by atoms with Gasteiger partial charge in [0.05, 0.1) is 41.3 Å². The number of nitrogens with one attached hydrogen (secondary N) is 1. The number of rotatable bonds is 7. The average Bonchev–Trinajstić information content (AvgIpc) is 3.14. The number of benzene rings is 2. The molecule has 10 heteroatoms. The third-order valence-electron chi connectivity index (χ3n) is 5.29. The summed E-state index contributed by atoms with van der Waals surface area (Å²) in [5.41, 5.74) is 6.72. The van der Waals surface area contributed by atoms with E-state index in [1.165, 1.54) is 12.0 Å². The van der Waals surface area contributed by atoms with Crippen molar-refractivity contribution < 1.29 is 23.0 Å². The van der Waals surface area contributed by atoms with E-state index in [1.54, 1.807) is 42.6 Å². The predicted octanol–water partition coefficient (Wildman–Crippen LogP) is 5.01. The summed E-state index contributed by atoms with van der Waals surface area (Å²) in [4.78, 5) is 17.6. The Kier molecular flexibility index (Phi) is 5.99. The lowest BCUT2D eigenvalue weighted by Crippen LogP contribution is -2.27. The minimum absolute atomic E-state index is 0.200. The Morgan fingerprint density at radius 3 is 2.70 bits per heavy atom. The van der Waals surface area contributed by atoms with Crippen molar-refractivity contribution in [3.05, 3.63) is 65.6 Å². The number of fused-ring (bicyclic) bond motifs is 1. The fourth-order valence-electron chi connectivity index (χ4n) is 3.59. The summed E-state index contributed by atoms with van der Waals surface area (Å²) in [5, 5.41) is 3.86. The maximum Gasteiger partial charge on any atom is 0.266 e. The van der Waals surface area contributed by atoms with Crippen LogP contribution < -0.4 is 20.5 Å². The fraction of sp³-hybridized carbons (Fsp3) is 0.217. The molecule has 3 aromatic rings. The van der Waals surface area contributed by atoms with Crippen LogP contribution in [-0.4, -0.2) is 41.9 Å². The number of carbonyl (C=O) groups excluding carboxylic acids is 1. The van der Waals surface area contributed by atoms with Gasteiger partial charge in [0, 0.05) is 36.7 Å². The van der Waals surface area contributed by atoms with Gasteiger partial charge in [-0.3, -0.25) is 9.78 Å². The van der Waals surface area contributed by atoms with Crippen LogP contribution >= 0.6 is 11.6 Å². The summed E-state index contributed by atoms with van der Waals surface area (Å²) in [5.74, 6) is -1.85. The van der Waals surface area contributed by atoms with Gasteiger partial charge in [-0.25, -0.2) is 8.78 Å². The fourth-order valence-corrected chi connectivity index (χ4v) is 3.80. The van der Waals surface area contributed by atoms with Crippen molar-refractivity contribution in [1.29, 1.82) is 0 Å². The van der Waals surface area contributed by atoms with Gasteiger partial charge in [-0.1, -0.05) is 18.2 Å². The van der Waals surface area contributed by atoms with Crippen molar-refractivity contribution in [2.24, 2.45) is 5.73 Å². The number of alkyl halides is 2. The number of ether oxygens (including phenoxy) is 2. The second-order valence-electron chi connectivity index (χ2n) is 7.59. The van der Waals surface area contributed by atoms with Gasteiger partial charge in [0.1, 0.15) is 17.2 Å². The molecule has 1 aliphatic rings. The van der Waals surface area contributed by atoms with Crippen molar-refractivity contribution >= 4 is 34.1 Å². The molecule has 3 N–H and O–H groups in total. The molecule has 7 nitrogen and oxygen atoms in total. The Morgan fingerprint density at radius 2 is 2.06 bits per heavy atom. The summed E-state index contributed by atoms with van der Waals surface area (Å²) >= 11 is 6.39. The van der Waals surface area contributed by atoms with Crippen LogP contribution in [0, 0.1) is 0 Å². The molecule has 0 saturated carbocycles. The Balaban J connectivity index is 1.56. The van der Waals surface area contributed by atoms with Crippen LogP contribution in [0.2, 0.25) is 5.02 Å². The molecule has 0 unspecified atom stereocenters. The standard InChI is InChI=1S/C23H21ClF2N4O3/c1-13(30-8-6-23(25,26)12-30)29-18-4-3-14(9-17(18)24)33-20-5-7-28-19-11-21(32-2)16(22(27)31)10-15(19)20/h3-5,7,9-11,29H,1,6,8,12H2,2H3,(H2,27,31). The number of primary amides is 1. The molecule has 0 bridgehead atoms. The van der Waals surface area contributed by atoms with Gasteiger partial charge in [0.2, 0.25) is 0 Å². The average molecular weight is 475 g/mol. The molecule has 1 aromatic heterocycles. The first kappa shape index (κ1) is 22.6. The number of hydrogen-bond donors (Lipinski definition) is 2. The largest absolute Gasteiger partial charge is 0.496 e. The van der Waals surface area contributed by atoms with Gasteiger partial charge in [0.25, 0.3) is 11.8 Å². The highest BCUT2D eigenvalue weighted by atomic mass is 35.5. The number of anilines is 1. The highest BCUT2D eigenvalue weighted by Gasteiger charge is 2.38. The molecule has 2 aromatic carbocycles. The molecule has 2 heterocycles. The van der Waals surface area contributed by atoms with E-state index in [2.05, 4.69) is 16.9 Å². The van der Waals surface area contributed by atoms with E-state index in [4.69, 9.17) is 26.8 Å². The number of likely N-dealkylation sites (tertiary alicyclic amines) is 1. The predicted molar refractivity (Wildman–Crippen MR) is 122 cm³/mol. The Hall–Kier alpha value is -3.59. The normalized spacial score (nSPS) is 14.8. The molecule has 172 valence electrons. The van der Waals surface area contributed by atoms with Crippen LogP contribution in [-0.2, 0) is 0 Å². The van der Waals surface area contributed by atoms with Gasteiger partial charge < -0.3 is 25.4 Å². The van der Waals surface area contributed by atoms with Gasteiger partial charge in [-0.15, -0.1) is 0 Å². The molecule has 1 aliphatic heterocycles. The molecule has 4 rings (SSSR count). The third kappa shape index (κ3) is 4.78. The smallest absolute Gasteiger partial charge is 0.266 e. The first-order chi connectivity index (χ1) is 15.7. The molecule has 33 heavy (non-hydrogen) atoms.